The first kappa shape index (κ1) is 4.50. The average molecular weight is 184 g/mol. The first-order valence-corrected chi connectivity index (χ1v) is 5.10. The Kier molecular flexibility index (Phi) is 2.33. The maximum atomic E-state index is 8.48. The van der Waals surface area contributed by atoms with Crippen LogP contribution in [0, 0.1) is 0 Å². The molecule has 4 heteroatoms. The van der Waals surface area contributed by atoms with Gasteiger partial charge in [0.25, 0.3) is 0 Å². The van der Waals surface area contributed by atoms with E-state index in [0.29, 0.717) is 17.5 Å². The molecule has 1 atom stereocenters. The van der Waals surface area contributed by atoms with Crippen molar-refractivity contribution in [3.63, 3.8) is 0 Å². The van der Waals surface area contributed by atoms with Crippen molar-refractivity contribution in [1.29, 1.82) is 0 Å². The molecule has 0 aromatic heterocycles. The zero-order valence-corrected chi connectivity index (χ0v) is 7.00. The van der Waals surface area contributed by atoms with Crippen molar-refractivity contribution in [2.75, 3.05) is 17.2 Å². The molecule has 1 rings (SSSR count). The van der Waals surface area contributed by atoms with E-state index in [4.69, 9.17) is 10.7 Å². The molecule has 1 aliphatic heterocycles. The van der Waals surface area contributed by atoms with Gasteiger partial charge in [-0.1, -0.05) is 0 Å². The SMILES string of the molecule is [2H]C1([2H])CC=S(OO)CCC([2H])([2H])S1. The fourth-order valence-electron chi connectivity index (χ4n) is 0.564. The predicted molar refractivity (Wildman–Crippen MR) is 48.8 cm³/mol. The molecule has 60 valence electrons. The topological polar surface area (TPSA) is 29.5 Å². The Labute approximate surface area is 73.6 Å². The molecule has 0 saturated heterocycles. The van der Waals surface area contributed by atoms with Crippen LogP contribution in [-0.2, 0) is 4.33 Å². The Morgan fingerprint density at radius 1 is 1.70 bits per heavy atom. The third-order valence-corrected chi connectivity index (χ3v) is 2.99. The zero-order valence-electron chi connectivity index (χ0n) is 9.37. The van der Waals surface area contributed by atoms with Crippen molar-refractivity contribution in [2.45, 2.75) is 12.8 Å². The van der Waals surface area contributed by atoms with E-state index in [1.165, 1.54) is 0 Å². The molecule has 0 saturated carbocycles. The smallest absolute Gasteiger partial charge is 0.0384 e. The highest BCUT2D eigenvalue weighted by atomic mass is 32.2. The van der Waals surface area contributed by atoms with Gasteiger partial charge in [-0.25, -0.2) is 5.26 Å². The van der Waals surface area contributed by atoms with Crippen molar-refractivity contribution in [1.82, 2.24) is 0 Å². The zero-order chi connectivity index (χ0) is 10.8. The highest BCUT2D eigenvalue weighted by Gasteiger charge is 1.99. The Balaban J connectivity index is 2.79. The summed E-state index contributed by atoms with van der Waals surface area (Å²) in [5.41, 5.74) is -3.23. The third-order valence-electron chi connectivity index (χ3n) is 0.998. The van der Waals surface area contributed by atoms with Crippen LogP contribution in [0.5, 0.6) is 0 Å². The first-order chi connectivity index (χ1) is 6.35. The Morgan fingerprint density at radius 3 is 3.40 bits per heavy atom. The van der Waals surface area contributed by atoms with E-state index in [9.17, 15) is 0 Å². The lowest BCUT2D eigenvalue weighted by Crippen LogP contribution is -1.96. The molecular weight excluding hydrogens is 168 g/mol. The lowest BCUT2D eigenvalue weighted by atomic mass is 10.6. The number of thioether (sulfide) groups is 1. The summed E-state index contributed by atoms with van der Waals surface area (Å²) in [6.07, 6.45) is 0.262. The summed E-state index contributed by atoms with van der Waals surface area (Å²) in [5, 5.41) is 10.0. The molecule has 10 heavy (non-hydrogen) atoms. The monoisotopic (exact) mass is 184 g/mol. The molecule has 0 aliphatic carbocycles. The summed E-state index contributed by atoms with van der Waals surface area (Å²) in [6.45, 7) is 0. The number of rotatable bonds is 1. The molecule has 1 N–H and O–H groups in total. The van der Waals surface area contributed by atoms with Crippen LogP contribution in [0.25, 0.3) is 0 Å². The molecule has 0 aromatic rings. The van der Waals surface area contributed by atoms with Crippen LogP contribution in [0.4, 0.5) is 0 Å². The lowest BCUT2D eigenvalue weighted by molar-refractivity contribution is -0.117. The van der Waals surface area contributed by atoms with Crippen molar-refractivity contribution in [2.24, 2.45) is 0 Å². The van der Waals surface area contributed by atoms with Gasteiger partial charge < -0.3 is 0 Å². The Morgan fingerprint density at radius 2 is 2.60 bits per heavy atom. The summed E-state index contributed by atoms with van der Waals surface area (Å²) >= 11 is 0.695. The van der Waals surface area contributed by atoms with Gasteiger partial charge in [-0.2, -0.15) is 16.1 Å². The molecule has 0 radical (unpaired) electrons. The van der Waals surface area contributed by atoms with Gasteiger partial charge in [-0.3, -0.25) is 0 Å². The van der Waals surface area contributed by atoms with Crippen LogP contribution in [0.1, 0.15) is 18.3 Å². The molecule has 0 aromatic carbocycles. The van der Waals surface area contributed by atoms with E-state index < -0.39 is 22.2 Å². The second-order valence-corrected chi connectivity index (χ2v) is 4.10. The maximum Gasteiger partial charge on any atom is 0.0384 e. The first-order valence-electron chi connectivity index (χ1n) is 4.90. The van der Waals surface area contributed by atoms with Crippen LogP contribution in [-0.4, -0.2) is 27.8 Å². The predicted octanol–water partition coefficient (Wildman–Crippen LogP) is 1.99. The fraction of sp³-hybridized carbons (Fsp3) is 0.833. The van der Waals surface area contributed by atoms with Crippen LogP contribution in [0.2, 0.25) is 0 Å². The van der Waals surface area contributed by atoms with Crippen molar-refractivity contribution in [3.8, 4) is 0 Å². The van der Waals surface area contributed by atoms with E-state index >= 15 is 0 Å². The minimum absolute atomic E-state index is 0.0842. The minimum atomic E-state index is -1.63. The summed E-state index contributed by atoms with van der Waals surface area (Å²) in [5.74, 6) is 0.395. The largest absolute Gasteiger partial charge is 0.240 e. The number of hydrogen-bond acceptors (Lipinski definition) is 3. The van der Waals surface area contributed by atoms with Gasteiger partial charge >= 0.3 is 0 Å². The summed E-state index contributed by atoms with van der Waals surface area (Å²) in [4.78, 5) is 0. The molecule has 0 amide bonds. The van der Waals surface area contributed by atoms with Crippen molar-refractivity contribution in [3.05, 3.63) is 0 Å². The van der Waals surface area contributed by atoms with E-state index in [1.807, 2.05) is 0 Å². The van der Waals surface area contributed by atoms with Gasteiger partial charge in [-0.15, -0.1) is 0 Å². The normalized spacial score (nSPS) is 44.3. The third kappa shape index (κ3) is 3.05. The fourth-order valence-corrected chi connectivity index (χ4v) is 2.15. The van der Waals surface area contributed by atoms with E-state index in [2.05, 4.69) is 4.33 Å². The van der Waals surface area contributed by atoms with Crippen LogP contribution in [0.3, 0.4) is 0 Å². The van der Waals surface area contributed by atoms with Gasteiger partial charge in [-0.05, 0) is 40.4 Å². The second-order valence-electron chi connectivity index (χ2n) is 1.67. The number of hydrogen-bond donors (Lipinski definition) is 1. The summed E-state index contributed by atoms with van der Waals surface area (Å²) in [7, 11) is -0.836. The molecule has 0 spiro atoms. The van der Waals surface area contributed by atoms with Crippen molar-refractivity contribution >= 4 is 27.9 Å². The molecule has 0 fully saturated rings. The van der Waals surface area contributed by atoms with Crippen molar-refractivity contribution < 1.29 is 15.1 Å². The minimum Gasteiger partial charge on any atom is -0.240 e. The highest BCUT2D eigenvalue weighted by Crippen LogP contribution is 2.19. The van der Waals surface area contributed by atoms with Gasteiger partial charge in [0.05, 0.1) is 0 Å². The summed E-state index contributed by atoms with van der Waals surface area (Å²) in [6, 6.07) is 0. The molecule has 0 bridgehead atoms. The lowest BCUT2D eigenvalue weighted by Gasteiger charge is -2.07. The van der Waals surface area contributed by atoms with Crippen LogP contribution in [0.15, 0.2) is 0 Å². The van der Waals surface area contributed by atoms with E-state index in [-0.39, 0.29) is 12.8 Å². The molecule has 2 nitrogen and oxygen atoms in total. The molecule has 1 heterocycles. The Bertz CT molecular complexity index is 244. The van der Waals surface area contributed by atoms with Gasteiger partial charge in [0.15, 0.2) is 0 Å². The van der Waals surface area contributed by atoms with Crippen LogP contribution < -0.4 is 0 Å². The standard InChI is InChI=1S/C6H12O2S2/c7-8-10-5-1-3-9-4-2-6-10/h5,7H,1-4,6H2/i3D2,4D2. The average Bonchev–Trinajstić information content (AvgIpc) is 2.00. The summed E-state index contributed by atoms with van der Waals surface area (Å²) < 4.78 is 34.2. The van der Waals surface area contributed by atoms with Gasteiger partial charge in [0.2, 0.25) is 0 Å². The quantitative estimate of drug-likeness (QED) is 0.384. The second kappa shape index (κ2) is 5.18. The van der Waals surface area contributed by atoms with E-state index in [1.54, 1.807) is 5.37 Å². The molecule has 1 aliphatic rings. The molecular formula is C6H12O2S2. The highest BCUT2D eigenvalue weighted by molar-refractivity contribution is 8.10. The Hall–Kier alpha value is 0.490. The van der Waals surface area contributed by atoms with E-state index in [0.717, 1.165) is 0 Å². The molecule has 1 unspecified atom stereocenters. The maximum absolute atomic E-state index is 8.48. The van der Waals surface area contributed by atoms with Gasteiger partial charge in [0.1, 0.15) is 0 Å². The van der Waals surface area contributed by atoms with Crippen LogP contribution >= 0.6 is 22.5 Å². The van der Waals surface area contributed by atoms with Gasteiger partial charge in [0, 0.05) is 11.2 Å².